The predicted octanol–water partition coefficient (Wildman–Crippen LogP) is 0.0891. The summed E-state index contributed by atoms with van der Waals surface area (Å²) < 4.78 is 13.7. The lowest BCUT2D eigenvalue weighted by Crippen LogP contribution is -2.31. The van der Waals surface area contributed by atoms with Gasteiger partial charge in [-0.3, -0.25) is 14.3 Å². The third kappa shape index (κ3) is 2.33. The van der Waals surface area contributed by atoms with Crippen molar-refractivity contribution in [3.8, 4) is 11.8 Å². The second kappa shape index (κ2) is 4.42. The second-order valence-corrected chi connectivity index (χ2v) is 2.57. The van der Waals surface area contributed by atoms with Crippen LogP contribution in [0.25, 0.3) is 0 Å². The average Bonchev–Trinajstić information content (AvgIpc) is 2.14. The van der Waals surface area contributed by atoms with Crippen molar-refractivity contribution < 1.29 is 4.39 Å². The molecule has 0 spiro atoms. The standard InChI is InChI=1S/C9H9FN2O2/c1-2-3-4-5-12-6-7(10)8(13)11-9(12)14/h6H,2,5H2,1H3,(H,11,13,14). The quantitative estimate of drug-likeness (QED) is 0.647. The minimum Gasteiger partial charge on any atom is -0.286 e. The van der Waals surface area contributed by atoms with E-state index in [9.17, 15) is 14.0 Å². The highest BCUT2D eigenvalue weighted by atomic mass is 19.1. The van der Waals surface area contributed by atoms with E-state index in [4.69, 9.17) is 0 Å². The number of halogens is 1. The van der Waals surface area contributed by atoms with Crippen molar-refractivity contribution in [2.24, 2.45) is 0 Å². The van der Waals surface area contributed by atoms with E-state index in [2.05, 4.69) is 11.8 Å². The Morgan fingerprint density at radius 1 is 1.50 bits per heavy atom. The van der Waals surface area contributed by atoms with Crippen molar-refractivity contribution in [2.45, 2.75) is 19.9 Å². The van der Waals surface area contributed by atoms with Gasteiger partial charge in [0.2, 0.25) is 5.82 Å². The number of hydrogen-bond donors (Lipinski definition) is 1. The Balaban J connectivity index is 3.05. The van der Waals surface area contributed by atoms with Crippen molar-refractivity contribution in [2.75, 3.05) is 0 Å². The summed E-state index contributed by atoms with van der Waals surface area (Å²) in [5.74, 6) is 4.41. The Hall–Kier alpha value is -1.83. The van der Waals surface area contributed by atoms with E-state index in [1.54, 1.807) is 0 Å². The molecule has 4 nitrogen and oxygen atoms in total. The number of aromatic amines is 1. The molecule has 0 amide bonds. The Bertz CT molecular complexity index is 490. The van der Waals surface area contributed by atoms with Gasteiger partial charge >= 0.3 is 5.69 Å². The lowest BCUT2D eigenvalue weighted by atomic mass is 10.4. The molecule has 1 heterocycles. The van der Waals surface area contributed by atoms with Crippen molar-refractivity contribution in [3.63, 3.8) is 0 Å². The molecule has 1 N–H and O–H groups in total. The smallest absolute Gasteiger partial charge is 0.286 e. The lowest BCUT2D eigenvalue weighted by molar-refractivity contribution is 0.570. The topological polar surface area (TPSA) is 54.9 Å². The Morgan fingerprint density at radius 3 is 2.86 bits per heavy atom. The van der Waals surface area contributed by atoms with Gasteiger partial charge in [-0.1, -0.05) is 12.8 Å². The third-order valence-electron chi connectivity index (χ3n) is 1.52. The van der Waals surface area contributed by atoms with E-state index in [1.165, 1.54) is 0 Å². The van der Waals surface area contributed by atoms with E-state index < -0.39 is 17.1 Å². The number of H-pyrrole nitrogens is 1. The maximum absolute atomic E-state index is 12.7. The van der Waals surface area contributed by atoms with Crippen LogP contribution >= 0.6 is 0 Å². The highest BCUT2D eigenvalue weighted by Gasteiger charge is 2.01. The van der Waals surface area contributed by atoms with Crippen LogP contribution < -0.4 is 11.2 Å². The largest absolute Gasteiger partial charge is 0.329 e. The monoisotopic (exact) mass is 196 g/mol. The minimum absolute atomic E-state index is 0.0837. The van der Waals surface area contributed by atoms with E-state index in [-0.39, 0.29) is 6.54 Å². The molecular formula is C9H9FN2O2. The zero-order chi connectivity index (χ0) is 10.6. The molecule has 1 aromatic rings. The molecule has 0 atom stereocenters. The van der Waals surface area contributed by atoms with Gasteiger partial charge < -0.3 is 0 Å². The number of hydrogen-bond acceptors (Lipinski definition) is 2. The van der Waals surface area contributed by atoms with Crippen LogP contribution in [0.15, 0.2) is 15.8 Å². The third-order valence-corrected chi connectivity index (χ3v) is 1.52. The molecule has 0 bridgehead atoms. The molecule has 0 aromatic carbocycles. The Labute approximate surface area is 79.4 Å². The highest BCUT2D eigenvalue weighted by Crippen LogP contribution is 1.83. The first kappa shape index (κ1) is 10.3. The molecule has 0 radical (unpaired) electrons. The number of nitrogens with one attached hydrogen (secondary N) is 1. The zero-order valence-corrected chi connectivity index (χ0v) is 7.63. The minimum atomic E-state index is -1.00. The van der Waals surface area contributed by atoms with Gasteiger partial charge in [0, 0.05) is 6.42 Å². The second-order valence-electron chi connectivity index (χ2n) is 2.57. The molecule has 14 heavy (non-hydrogen) atoms. The fourth-order valence-electron chi connectivity index (χ4n) is 0.866. The van der Waals surface area contributed by atoms with Gasteiger partial charge in [-0.25, -0.2) is 4.79 Å². The first-order valence-corrected chi connectivity index (χ1v) is 4.10. The van der Waals surface area contributed by atoms with Crippen LogP contribution in [0.5, 0.6) is 0 Å². The summed E-state index contributed by atoms with van der Waals surface area (Å²) in [6, 6.07) is 0. The van der Waals surface area contributed by atoms with Crippen molar-refractivity contribution in [1.82, 2.24) is 9.55 Å². The van der Waals surface area contributed by atoms with E-state index in [0.29, 0.717) is 6.42 Å². The first-order valence-electron chi connectivity index (χ1n) is 4.10. The molecular weight excluding hydrogens is 187 g/mol. The Morgan fingerprint density at radius 2 is 2.21 bits per heavy atom. The average molecular weight is 196 g/mol. The summed E-state index contributed by atoms with van der Waals surface area (Å²) in [4.78, 5) is 23.5. The van der Waals surface area contributed by atoms with Crippen LogP contribution in [0.2, 0.25) is 0 Å². The highest BCUT2D eigenvalue weighted by molar-refractivity contribution is 4.99. The lowest BCUT2D eigenvalue weighted by Gasteiger charge is -1.97. The normalized spacial score (nSPS) is 9.29. The van der Waals surface area contributed by atoms with Gasteiger partial charge in [-0.15, -0.1) is 5.92 Å². The molecule has 0 aliphatic rings. The summed E-state index contributed by atoms with van der Waals surface area (Å²) in [5.41, 5.74) is -1.66. The summed E-state index contributed by atoms with van der Waals surface area (Å²) >= 11 is 0. The van der Waals surface area contributed by atoms with Crippen LogP contribution in [0, 0.1) is 17.7 Å². The molecule has 1 rings (SSSR count). The van der Waals surface area contributed by atoms with Gasteiger partial charge in [0.1, 0.15) is 0 Å². The van der Waals surface area contributed by atoms with E-state index >= 15 is 0 Å². The van der Waals surface area contributed by atoms with Gasteiger partial charge in [0.25, 0.3) is 5.56 Å². The summed E-state index contributed by atoms with van der Waals surface area (Å²) in [7, 11) is 0. The molecule has 0 fully saturated rings. The van der Waals surface area contributed by atoms with Gasteiger partial charge in [0.05, 0.1) is 12.7 Å². The fourth-order valence-corrected chi connectivity index (χ4v) is 0.866. The van der Waals surface area contributed by atoms with Crippen molar-refractivity contribution in [1.29, 1.82) is 0 Å². The molecule has 0 aliphatic carbocycles. The molecule has 1 aromatic heterocycles. The number of nitrogens with zero attached hydrogens (tertiary/aromatic N) is 1. The van der Waals surface area contributed by atoms with Crippen LogP contribution in [-0.4, -0.2) is 9.55 Å². The zero-order valence-electron chi connectivity index (χ0n) is 7.63. The van der Waals surface area contributed by atoms with Gasteiger partial charge in [-0.05, 0) is 0 Å². The number of aromatic nitrogens is 2. The van der Waals surface area contributed by atoms with Crippen LogP contribution in [-0.2, 0) is 6.54 Å². The summed E-state index contributed by atoms with van der Waals surface area (Å²) in [5, 5.41) is 0. The van der Waals surface area contributed by atoms with Gasteiger partial charge in [0.15, 0.2) is 0 Å². The number of rotatable bonds is 1. The molecule has 0 aliphatic heterocycles. The molecule has 0 saturated heterocycles. The first-order chi connectivity index (χ1) is 6.65. The van der Waals surface area contributed by atoms with E-state index in [1.807, 2.05) is 11.9 Å². The van der Waals surface area contributed by atoms with Crippen LogP contribution in [0.3, 0.4) is 0 Å². The van der Waals surface area contributed by atoms with Crippen LogP contribution in [0.4, 0.5) is 4.39 Å². The maximum atomic E-state index is 12.7. The van der Waals surface area contributed by atoms with Crippen molar-refractivity contribution in [3.05, 3.63) is 32.9 Å². The van der Waals surface area contributed by atoms with Crippen LogP contribution in [0.1, 0.15) is 13.3 Å². The Kier molecular flexibility index (Phi) is 3.24. The summed E-state index contributed by atoms with van der Waals surface area (Å²) in [6.07, 6.45) is 1.52. The molecule has 5 heteroatoms. The molecule has 0 saturated carbocycles. The van der Waals surface area contributed by atoms with E-state index in [0.717, 1.165) is 10.8 Å². The predicted molar refractivity (Wildman–Crippen MR) is 49.3 cm³/mol. The maximum Gasteiger partial charge on any atom is 0.329 e. The molecule has 0 unspecified atom stereocenters. The van der Waals surface area contributed by atoms with Crippen molar-refractivity contribution >= 4 is 0 Å². The van der Waals surface area contributed by atoms with Gasteiger partial charge in [-0.2, -0.15) is 4.39 Å². The SMILES string of the molecule is CCC#CCn1cc(F)c(=O)[nH]c1=O. The fraction of sp³-hybridized carbons (Fsp3) is 0.333. The molecule has 74 valence electrons. The summed E-state index contributed by atoms with van der Waals surface area (Å²) in [6.45, 7) is 1.95.